The number of sulfonamides is 1. The molecule has 106 valence electrons. The lowest BCUT2D eigenvalue weighted by atomic mass is 10.2. The first-order valence-electron chi connectivity index (χ1n) is 5.63. The van der Waals surface area contributed by atoms with Crippen molar-refractivity contribution in [2.75, 3.05) is 10.5 Å². The third-order valence-electron chi connectivity index (χ3n) is 2.66. The smallest absolute Gasteiger partial charge is 0.262 e. The zero-order valence-corrected chi connectivity index (χ0v) is 15.1. The van der Waals surface area contributed by atoms with Gasteiger partial charge in [0, 0.05) is 19.4 Å². The summed E-state index contributed by atoms with van der Waals surface area (Å²) in [6.07, 6.45) is 0. The van der Waals surface area contributed by atoms with E-state index in [0.29, 0.717) is 21.4 Å². The second kappa shape index (κ2) is 5.90. The van der Waals surface area contributed by atoms with Gasteiger partial charge in [-0.1, -0.05) is 6.07 Å². The molecule has 0 unspecified atom stereocenters. The summed E-state index contributed by atoms with van der Waals surface area (Å²) in [4.78, 5) is 0.178. The van der Waals surface area contributed by atoms with Gasteiger partial charge in [-0.15, -0.1) is 0 Å². The summed E-state index contributed by atoms with van der Waals surface area (Å²) in [5.74, 6) is 0. The van der Waals surface area contributed by atoms with Crippen LogP contribution in [0.5, 0.6) is 0 Å². The molecule has 0 aliphatic carbocycles. The van der Waals surface area contributed by atoms with Crippen molar-refractivity contribution < 1.29 is 8.42 Å². The zero-order valence-electron chi connectivity index (χ0n) is 10.5. The number of nitrogens with two attached hydrogens (primary N) is 1. The van der Waals surface area contributed by atoms with Gasteiger partial charge in [0.1, 0.15) is 0 Å². The van der Waals surface area contributed by atoms with Crippen molar-refractivity contribution >= 4 is 59.9 Å². The lowest BCUT2D eigenvalue weighted by Gasteiger charge is -2.12. The minimum atomic E-state index is -3.65. The van der Waals surface area contributed by atoms with Crippen LogP contribution in [0.15, 0.2) is 45.8 Å². The number of rotatable bonds is 3. The maximum Gasteiger partial charge on any atom is 0.262 e. The van der Waals surface area contributed by atoms with E-state index < -0.39 is 10.0 Å². The number of nitrogen functional groups attached to an aromatic ring is 1. The molecule has 0 heterocycles. The number of hydrogen-bond donors (Lipinski definition) is 2. The van der Waals surface area contributed by atoms with Gasteiger partial charge < -0.3 is 5.73 Å². The van der Waals surface area contributed by atoms with Gasteiger partial charge in [-0.2, -0.15) is 0 Å². The molecule has 0 aliphatic heterocycles. The Balaban J connectivity index is 2.43. The molecule has 0 aromatic heterocycles. The molecule has 0 atom stereocenters. The van der Waals surface area contributed by atoms with E-state index in [9.17, 15) is 8.42 Å². The van der Waals surface area contributed by atoms with Crippen LogP contribution >= 0.6 is 38.5 Å². The van der Waals surface area contributed by atoms with Crippen LogP contribution in [0.4, 0.5) is 11.4 Å². The second-order valence-electron chi connectivity index (χ2n) is 4.26. The van der Waals surface area contributed by atoms with Crippen molar-refractivity contribution in [3.8, 4) is 0 Å². The summed E-state index contributed by atoms with van der Waals surface area (Å²) in [6, 6.07) is 10.3. The summed E-state index contributed by atoms with van der Waals surface area (Å²) >= 11 is 5.41. The summed E-state index contributed by atoms with van der Waals surface area (Å²) < 4.78 is 29.0. The molecule has 0 spiro atoms. The van der Waals surface area contributed by atoms with Crippen molar-refractivity contribution in [2.24, 2.45) is 0 Å². The van der Waals surface area contributed by atoms with E-state index in [4.69, 9.17) is 5.73 Å². The van der Waals surface area contributed by atoms with Crippen LogP contribution in [-0.2, 0) is 10.0 Å². The first-order chi connectivity index (χ1) is 9.29. The van der Waals surface area contributed by atoms with Gasteiger partial charge in [0.2, 0.25) is 0 Å². The summed E-state index contributed by atoms with van der Waals surface area (Å²) in [6.45, 7) is 1.73. The number of benzene rings is 2. The molecule has 7 heteroatoms. The SMILES string of the molecule is Cc1cc(Br)c(N)cc1S(=O)(=O)Nc1cccc(I)c1. The molecule has 0 bridgehead atoms. The third-order valence-corrected chi connectivity index (χ3v) is 5.54. The average molecular weight is 467 g/mol. The Morgan fingerprint density at radius 2 is 1.95 bits per heavy atom. The van der Waals surface area contributed by atoms with E-state index in [1.165, 1.54) is 6.07 Å². The number of aryl methyl sites for hydroxylation is 1. The van der Waals surface area contributed by atoms with Crippen LogP contribution in [0.2, 0.25) is 0 Å². The van der Waals surface area contributed by atoms with Gasteiger partial charge in [0.05, 0.1) is 4.90 Å². The molecule has 4 nitrogen and oxygen atoms in total. The lowest BCUT2D eigenvalue weighted by molar-refractivity contribution is 0.600. The quantitative estimate of drug-likeness (QED) is 0.534. The molecule has 20 heavy (non-hydrogen) atoms. The maximum absolute atomic E-state index is 12.4. The largest absolute Gasteiger partial charge is 0.398 e. The fraction of sp³-hybridized carbons (Fsp3) is 0.0769. The third kappa shape index (κ3) is 3.44. The van der Waals surface area contributed by atoms with Gasteiger partial charge in [-0.3, -0.25) is 4.72 Å². The van der Waals surface area contributed by atoms with Crippen LogP contribution in [-0.4, -0.2) is 8.42 Å². The van der Waals surface area contributed by atoms with E-state index in [1.54, 1.807) is 31.2 Å². The van der Waals surface area contributed by atoms with Crippen LogP contribution in [0.3, 0.4) is 0 Å². The monoisotopic (exact) mass is 466 g/mol. The molecule has 2 rings (SSSR count). The van der Waals surface area contributed by atoms with Crippen molar-refractivity contribution in [3.63, 3.8) is 0 Å². The van der Waals surface area contributed by atoms with E-state index in [2.05, 4.69) is 43.2 Å². The minimum absolute atomic E-state index is 0.178. The van der Waals surface area contributed by atoms with Gasteiger partial charge in [0.15, 0.2) is 0 Å². The van der Waals surface area contributed by atoms with E-state index in [0.717, 1.165) is 3.57 Å². The molecule has 0 aliphatic rings. The Kier molecular flexibility index (Phi) is 4.60. The van der Waals surface area contributed by atoms with E-state index in [1.807, 2.05) is 6.07 Å². The van der Waals surface area contributed by atoms with Gasteiger partial charge in [-0.25, -0.2) is 8.42 Å². The molecule has 2 aromatic rings. The highest BCUT2D eigenvalue weighted by atomic mass is 127. The van der Waals surface area contributed by atoms with Crippen molar-refractivity contribution in [1.29, 1.82) is 0 Å². The second-order valence-corrected chi connectivity index (χ2v) is 8.01. The number of anilines is 2. The summed E-state index contributed by atoms with van der Waals surface area (Å²) in [5.41, 5.74) is 7.31. The number of hydrogen-bond acceptors (Lipinski definition) is 3. The molecule has 0 saturated heterocycles. The van der Waals surface area contributed by atoms with Gasteiger partial charge in [0.25, 0.3) is 10.0 Å². The first-order valence-corrected chi connectivity index (χ1v) is 8.99. The molecule has 3 N–H and O–H groups in total. The minimum Gasteiger partial charge on any atom is -0.398 e. The normalized spacial score (nSPS) is 11.3. The molecular weight excluding hydrogens is 455 g/mol. The van der Waals surface area contributed by atoms with Crippen molar-refractivity contribution in [1.82, 2.24) is 0 Å². The Hall–Kier alpha value is -0.800. The summed E-state index contributed by atoms with van der Waals surface area (Å²) in [5, 5.41) is 0. The molecule has 2 aromatic carbocycles. The Labute approximate surface area is 140 Å². The van der Waals surface area contributed by atoms with Crippen LogP contribution in [0, 0.1) is 10.5 Å². The van der Waals surface area contributed by atoms with Crippen molar-refractivity contribution in [2.45, 2.75) is 11.8 Å². The highest BCUT2D eigenvalue weighted by molar-refractivity contribution is 14.1. The topological polar surface area (TPSA) is 72.2 Å². The predicted molar refractivity (Wildman–Crippen MR) is 93.3 cm³/mol. The fourth-order valence-corrected chi connectivity index (χ4v) is 4.03. The number of nitrogens with one attached hydrogen (secondary N) is 1. The van der Waals surface area contributed by atoms with Gasteiger partial charge in [-0.05, 0) is 81.3 Å². The van der Waals surface area contributed by atoms with Crippen LogP contribution in [0.1, 0.15) is 5.56 Å². The van der Waals surface area contributed by atoms with Crippen LogP contribution in [0.25, 0.3) is 0 Å². The summed E-state index contributed by atoms with van der Waals surface area (Å²) in [7, 11) is -3.65. The molecular formula is C13H12BrIN2O2S. The van der Waals surface area contributed by atoms with E-state index in [-0.39, 0.29) is 4.90 Å². The Morgan fingerprint density at radius 1 is 1.25 bits per heavy atom. The van der Waals surface area contributed by atoms with Gasteiger partial charge >= 0.3 is 0 Å². The maximum atomic E-state index is 12.4. The Bertz CT molecular complexity index is 763. The lowest BCUT2D eigenvalue weighted by Crippen LogP contribution is -2.14. The Morgan fingerprint density at radius 3 is 2.60 bits per heavy atom. The first kappa shape index (κ1) is 15.6. The zero-order chi connectivity index (χ0) is 14.9. The average Bonchev–Trinajstić information content (AvgIpc) is 2.33. The molecule has 0 amide bonds. The highest BCUT2D eigenvalue weighted by Gasteiger charge is 2.18. The highest BCUT2D eigenvalue weighted by Crippen LogP contribution is 2.28. The predicted octanol–water partition coefficient (Wildman–Crippen LogP) is 3.75. The van der Waals surface area contributed by atoms with E-state index >= 15 is 0 Å². The standard InChI is InChI=1S/C13H12BrIN2O2S/c1-8-5-11(14)12(16)7-13(8)20(18,19)17-10-4-2-3-9(15)6-10/h2-7,17H,16H2,1H3. The molecule has 0 fully saturated rings. The van der Waals surface area contributed by atoms with Crippen LogP contribution < -0.4 is 10.5 Å². The fourth-order valence-electron chi connectivity index (χ4n) is 1.72. The molecule has 0 radical (unpaired) electrons. The van der Waals surface area contributed by atoms with Crippen molar-refractivity contribution in [3.05, 3.63) is 50.0 Å². The molecule has 0 saturated carbocycles. The number of halogens is 2.